The minimum atomic E-state index is -0.567. The lowest BCUT2D eigenvalue weighted by molar-refractivity contribution is -0.136. The molecule has 0 bridgehead atoms. The van der Waals surface area contributed by atoms with Crippen LogP contribution in [0.2, 0.25) is 0 Å². The van der Waals surface area contributed by atoms with Crippen molar-refractivity contribution in [3.05, 3.63) is 29.5 Å². The molecule has 2 aliphatic rings. The van der Waals surface area contributed by atoms with Crippen LogP contribution < -0.4 is 15.0 Å². The summed E-state index contributed by atoms with van der Waals surface area (Å²) in [7, 11) is 4.99. The average molecular weight is 404 g/mol. The van der Waals surface area contributed by atoms with Crippen molar-refractivity contribution in [1.29, 1.82) is 0 Å². The molecule has 0 saturated carbocycles. The average Bonchev–Trinajstić information content (AvgIpc) is 3.04. The summed E-state index contributed by atoms with van der Waals surface area (Å²) in [5.74, 6) is -0.221. The van der Waals surface area contributed by atoms with Crippen molar-refractivity contribution >= 4 is 23.3 Å². The number of likely N-dealkylation sites (N-methyl/N-ethyl adjacent to an activating group) is 1. The Morgan fingerprint density at radius 1 is 1.21 bits per heavy atom. The second kappa shape index (κ2) is 9.15. The first-order chi connectivity index (χ1) is 14.0. The van der Waals surface area contributed by atoms with E-state index < -0.39 is 5.97 Å². The van der Waals surface area contributed by atoms with Crippen molar-refractivity contribution in [3.63, 3.8) is 0 Å². The number of benzene rings is 1. The molecular weight excluding hydrogens is 376 g/mol. The Morgan fingerprint density at radius 3 is 2.55 bits per heavy atom. The largest absolute Gasteiger partial charge is 0.495 e. The van der Waals surface area contributed by atoms with E-state index in [9.17, 15) is 9.59 Å². The molecule has 1 fully saturated rings. The fourth-order valence-electron chi connectivity index (χ4n) is 3.56. The topological polar surface area (TPSA) is 94.6 Å². The van der Waals surface area contributed by atoms with Gasteiger partial charge in [-0.25, -0.2) is 4.79 Å². The predicted octanol–water partition coefficient (Wildman–Crippen LogP) is 0.121. The van der Waals surface area contributed by atoms with Gasteiger partial charge in [0.05, 0.1) is 38.6 Å². The standard InChI is InChI=1S/C20H28N4O5/c1-22-6-8-23(9-7-22)16-5-4-14(12-17(16)28-2)21-18-15(20(27)29-3)13-24(10-11-25)19(18)26/h4-5,12,21,25H,6-11,13H2,1-3H3. The molecule has 158 valence electrons. The highest BCUT2D eigenvalue weighted by Crippen LogP contribution is 2.33. The summed E-state index contributed by atoms with van der Waals surface area (Å²) >= 11 is 0. The van der Waals surface area contributed by atoms with Gasteiger partial charge in [0, 0.05) is 44.5 Å². The SMILES string of the molecule is COC(=O)C1=C(Nc2ccc(N3CCN(C)CC3)c(OC)c2)C(=O)N(CCO)C1. The van der Waals surface area contributed by atoms with Crippen LogP contribution in [0.4, 0.5) is 11.4 Å². The van der Waals surface area contributed by atoms with Gasteiger partial charge in [0.25, 0.3) is 5.91 Å². The summed E-state index contributed by atoms with van der Waals surface area (Å²) in [4.78, 5) is 30.8. The fourth-order valence-corrected chi connectivity index (χ4v) is 3.56. The van der Waals surface area contributed by atoms with E-state index in [2.05, 4.69) is 22.2 Å². The van der Waals surface area contributed by atoms with Gasteiger partial charge >= 0.3 is 5.97 Å². The van der Waals surface area contributed by atoms with Crippen molar-refractivity contribution < 1.29 is 24.2 Å². The molecule has 0 atom stereocenters. The number of ether oxygens (including phenoxy) is 2. The molecule has 1 aromatic carbocycles. The zero-order valence-corrected chi connectivity index (χ0v) is 17.1. The number of carbonyl (C=O) groups is 2. The normalized spacial score (nSPS) is 17.7. The van der Waals surface area contributed by atoms with E-state index in [1.807, 2.05) is 18.2 Å². The van der Waals surface area contributed by atoms with E-state index in [0.717, 1.165) is 31.9 Å². The van der Waals surface area contributed by atoms with Crippen LogP contribution in [0.5, 0.6) is 5.75 Å². The van der Waals surface area contributed by atoms with Crippen molar-refractivity contribution in [3.8, 4) is 5.75 Å². The van der Waals surface area contributed by atoms with Crippen LogP contribution in [0.1, 0.15) is 0 Å². The number of amides is 1. The van der Waals surface area contributed by atoms with E-state index in [4.69, 9.17) is 14.6 Å². The summed E-state index contributed by atoms with van der Waals surface area (Å²) in [5, 5.41) is 12.2. The number of hydrogen-bond donors (Lipinski definition) is 2. The first-order valence-electron chi connectivity index (χ1n) is 9.58. The number of carbonyl (C=O) groups excluding carboxylic acids is 2. The van der Waals surface area contributed by atoms with E-state index in [0.29, 0.717) is 11.4 Å². The maximum Gasteiger partial charge on any atom is 0.337 e. The maximum absolute atomic E-state index is 12.7. The number of aliphatic hydroxyl groups is 1. The highest BCUT2D eigenvalue weighted by atomic mass is 16.5. The second-order valence-electron chi connectivity index (χ2n) is 7.10. The molecule has 9 heteroatoms. The monoisotopic (exact) mass is 404 g/mol. The lowest BCUT2D eigenvalue weighted by atomic mass is 10.2. The predicted molar refractivity (Wildman–Crippen MR) is 109 cm³/mol. The van der Waals surface area contributed by atoms with Crippen molar-refractivity contribution in [2.75, 3.05) is 77.4 Å². The first-order valence-corrected chi connectivity index (χ1v) is 9.58. The first kappa shape index (κ1) is 20.9. The molecule has 0 aromatic heterocycles. The number of nitrogens with zero attached hydrogens (tertiary/aromatic N) is 3. The number of hydrogen-bond acceptors (Lipinski definition) is 8. The van der Waals surface area contributed by atoms with Gasteiger partial charge in [-0.15, -0.1) is 0 Å². The highest BCUT2D eigenvalue weighted by molar-refractivity contribution is 6.08. The maximum atomic E-state index is 12.7. The number of piperazine rings is 1. The number of β-amino-alcohol motifs (C(OH)–C–C–N with tert-alkyl or cyclic N) is 1. The third-order valence-corrected chi connectivity index (χ3v) is 5.25. The zero-order chi connectivity index (χ0) is 21.0. The van der Waals surface area contributed by atoms with Gasteiger partial charge in [0.15, 0.2) is 0 Å². The van der Waals surface area contributed by atoms with Crippen LogP contribution in [0.15, 0.2) is 29.5 Å². The molecule has 1 saturated heterocycles. The summed E-state index contributed by atoms with van der Waals surface area (Å²) in [6, 6.07) is 5.63. The molecule has 2 aliphatic heterocycles. The Morgan fingerprint density at radius 2 is 1.93 bits per heavy atom. The van der Waals surface area contributed by atoms with Gasteiger partial charge in [-0.3, -0.25) is 4.79 Å². The summed E-state index contributed by atoms with van der Waals surface area (Å²) < 4.78 is 10.4. The van der Waals surface area contributed by atoms with Crippen LogP contribution in [0, 0.1) is 0 Å². The molecule has 3 rings (SSSR count). The third kappa shape index (κ3) is 4.46. The van der Waals surface area contributed by atoms with Gasteiger partial charge in [-0.05, 0) is 19.2 Å². The van der Waals surface area contributed by atoms with E-state index >= 15 is 0 Å². The van der Waals surface area contributed by atoms with Gasteiger partial charge in [0.1, 0.15) is 11.4 Å². The molecule has 0 aliphatic carbocycles. The van der Waals surface area contributed by atoms with Crippen molar-refractivity contribution in [1.82, 2.24) is 9.80 Å². The van der Waals surface area contributed by atoms with Crippen molar-refractivity contribution in [2.45, 2.75) is 0 Å². The highest BCUT2D eigenvalue weighted by Gasteiger charge is 2.34. The van der Waals surface area contributed by atoms with Crippen LogP contribution >= 0.6 is 0 Å². The second-order valence-corrected chi connectivity index (χ2v) is 7.10. The van der Waals surface area contributed by atoms with E-state index in [1.165, 1.54) is 12.0 Å². The summed E-state index contributed by atoms with van der Waals surface area (Å²) in [6.45, 7) is 3.85. The van der Waals surface area contributed by atoms with Crippen LogP contribution in [-0.4, -0.2) is 93.9 Å². The zero-order valence-electron chi connectivity index (χ0n) is 17.1. The molecule has 0 spiro atoms. The number of nitrogens with one attached hydrogen (secondary N) is 1. The van der Waals surface area contributed by atoms with Gasteiger partial charge in [-0.2, -0.15) is 0 Å². The van der Waals surface area contributed by atoms with Crippen LogP contribution in [-0.2, 0) is 14.3 Å². The summed E-state index contributed by atoms with van der Waals surface area (Å²) in [6.07, 6.45) is 0. The molecule has 2 heterocycles. The lowest BCUT2D eigenvalue weighted by Gasteiger charge is -2.34. The van der Waals surface area contributed by atoms with Gasteiger partial charge in [0.2, 0.25) is 0 Å². The molecular formula is C20H28N4O5. The number of rotatable bonds is 7. The van der Waals surface area contributed by atoms with Crippen LogP contribution in [0.3, 0.4) is 0 Å². The van der Waals surface area contributed by atoms with Crippen molar-refractivity contribution in [2.24, 2.45) is 0 Å². The minimum Gasteiger partial charge on any atom is -0.495 e. The molecule has 0 unspecified atom stereocenters. The number of methoxy groups -OCH3 is 2. The van der Waals surface area contributed by atoms with E-state index in [-0.39, 0.29) is 36.9 Å². The van der Waals surface area contributed by atoms with Crippen LogP contribution in [0.25, 0.3) is 0 Å². The Labute approximate surface area is 170 Å². The number of aliphatic hydroxyl groups excluding tert-OH is 1. The Balaban J connectivity index is 1.84. The van der Waals surface area contributed by atoms with Gasteiger partial charge in [-0.1, -0.05) is 0 Å². The minimum absolute atomic E-state index is 0.102. The molecule has 2 N–H and O–H groups in total. The Kier molecular flexibility index (Phi) is 6.60. The Bertz CT molecular complexity index is 802. The smallest absolute Gasteiger partial charge is 0.337 e. The number of esters is 1. The number of anilines is 2. The molecule has 9 nitrogen and oxygen atoms in total. The molecule has 29 heavy (non-hydrogen) atoms. The molecule has 1 aromatic rings. The molecule has 0 radical (unpaired) electrons. The molecule has 1 amide bonds. The lowest BCUT2D eigenvalue weighted by Crippen LogP contribution is -2.44. The fraction of sp³-hybridized carbons (Fsp3) is 0.500. The summed E-state index contributed by atoms with van der Waals surface area (Å²) in [5.41, 5.74) is 2.04. The van der Waals surface area contributed by atoms with E-state index in [1.54, 1.807) is 7.11 Å². The Hall–Kier alpha value is -2.78. The quantitative estimate of drug-likeness (QED) is 0.619. The third-order valence-electron chi connectivity index (χ3n) is 5.25. The van der Waals surface area contributed by atoms with Gasteiger partial charge < -0.3 is 34.6 Å².